The lowest BCUT2D eigenvalue weighted by atomic mass is 10.1. The molecule has 0 radical (unpaired) electrons. The summed E-state index contributed by atoms with van der Waals surface area (Å²) >= 11 is 0. The van der Waals surface area contributed by atoms with Crippen LogP contribution in [0.2, 0.25) is 0 Å². The number of anilines is 3. The Balaban J connectivity index is 2.36. The molecule has 0 saturated heterocycles. The summed E-state index contributed by atoms with van der Waals surface area (Å²) in [6.07, 6.45) is 1.81. The average Bonchev–Trinajstić information content (AvgIpc) is 2.36. The van der Waals surface area contributed by atoms with Gasteiger partial charge in [0.15, 0.2) is 0 Å². The van der Waals surface area contributed by atoms with E-state index in [1.165, 1.54) is 11.1 Å². The van der Waals surface area contributed by atoms with Crippen molar-refractivity contribution >= 4 is 17.5 Å². The summed E-state index contributed by atoms with van der Waals surface area (Å²) in [7, 11) is 1.81. The molecule has 1 aromatic carbocycles. The van der Waals surface area contributed by atoms with Crippen molar-refractivity contribution in [3.05, 3.63) is 41.1 Å². The fourth-order valence-corrected chi connectivity index (χ4v) is 1.69. The van der Waals surface area contributed by atoms with E-state index in [0.717, 1.165) is 17.1 Å². The summed E-state index contributed by atoms with van der Waals surface area (Å²) in [6.45, 7) is 6.15. The smallest absolute Gasteiger partial charge is 0.224 e. The molecule has 0 unspecified atom stereocenters. The third kappa shape index (κ3) is 2.59. The predicted octanol–water partition coefficient (Wildman–Crippen LogP) is 3.19. The number of hydrogen-bond acceptors (Lipinski definition) is 4. The van der Waals surface area contributed by atoms with Gasteiger partial charge in [-0.1, -0.05) is 12.1 Å². The van der Waals surface area contributed by atoms with Crippen LogP contribution >= 0.6 is 0 Å². The number of nitrogens with zero attached hydrogens (tertiary/aromatic N) is 2. The van der Waals surface area contributed by atoms with Crippen LogP contribution < -0.4 is 10.6 Å². The second-order valence-electron chi connectivity index (χ2n) is 4.42. The van der Waals surface area contributed by atoms with Crippen LogP contribution in [-0.4, -0.2) is 17.0 Å². The Morgan fingerprint density at radius 3 is 2.56 bits per heavy atom. The van der Waals surface area contributed by atoms with Gasteiger partial charge in [-0.2, -0.15) is 4.98 Å². The van der Waals surface area contributed by atoms with Crippen LogP contribution in [0.5, 0.6) is 0 Å². The molecule has 0 aliphatic heterocycles. The van der Waals surface area contributed by atoms with Gasteiger partial charge in [0.05, 0.1) is 0 Å². The number of nitrogens with one attached hydrogen (secondary N) is 2. The molecule has 4 heteroatoms. The monoisotopic (exact) mass is 242 g/mol. The first kappa shape index (κ1) is 12.4. The normalized spacial score (nSPS) is 10.2. The Hall–Kier alpha value is -2.10. The highest BCUT2D eigenvalue weighted by molar-refractivity contribution is 5.63. The van der Waals surface area contributed by atoms with Gasteiger partial charge in [-0.05, 0) is 38.0 Å². The van der Waals surface area contributed by atoms with Crippen LogP contribution in [0.4, 0.5) is 17.5 Å². The summed E-state index contributed by atoms with van der Waals surface area (Å²) < 4.78 is 0. The second-order valence-corrected chi connectivity index (χ2v) is 4.42. The van der Waals surface area contributed by atoms with Crippen LogP contribution in [0.15, 0.2) is 24.4 Å². The van der Waals surface area contributed by atoms with Gasteiger partial charge in [0.1, 0.15) is 5.82 Å². The molecule has 2 rings (SSSR count). The maximum absolute atomic E-state index is 4.42. The van der Waals surface area contributed by atoms with Crippen molar-refractivity contribution in [1.29, 1.82) is 0 Å². The van der Waals surface area contributed by atoms with Crippen molar-refractivity contribution in [3.63, 3.8) is 0 Å². The molecule has 0 aliphatic carbocycles. The largest absolute Gasteiger partial charge is 0.357 e. The molecule has 2 aromatic rings. The lowest BCUT2D eigenvalue weighted by molar-refractivity contribution is 1.12. The fourth-order valence-electron chi connectivity index (χ4n) is 1.69. The predicted molar refractivity (Wildman–Crippen MR) is 75.5 cm³/mol. The summed E-state index contributed by atoms with van der Waals surface area (Å²) in [5.74, 6) is 1.46. The molecule has 1 heterocycles. The maximum Gasteiger partial charge on any atom is 0.224 e. The van der Waals surface area contributed by atoms with Crippen molar-refractivity contribution in [2.75, 3.05) is 17.7 Å². The lowest BCUT2D eigenvalue weighted by Crippen LogP contribution is -2.03. The van der Waals surface area contributed by atoms with E-state index in [-0.39, 0.29) is 0 Å². The molecule has 0 bridgehead atoms. The zero-order valence-electron chi connectivity index (χ0n) is 11.2. The van der Waals surface area contributed by atoms with E-state index in [2.05, 4.69) is 52.6 Å². The molecule has 0 spiro atoms. The molecule has 4 nitrogen and oxygen atoms in total. The van der Waals surface area contributed by atoms with Crippen molar-refractivity contribution in [2.24, 2.45) is 0 Å². The zero-order valence-corrected chi connectivity index (χ0v) is 11.2. The molecule has 0 amide bonds. The SMILES string of the molecule is CNc1ncc(C)c(Nc2cc(C)ccc2C)n1. The number of hydrogen-bond donors (Lipinski definition) is 2. The Morgan fingerprint density at radius 2 is 1.83 bits per heavy atom. The van der Waals surface area contributed by atoms with Gasteiger partial charge in [-0.25, -0.2) is 4.98 Å². The fraction of sp³-hybridized carbons (Fsp3) is 0.286. The van der Waals surface area contributed by atoms with Crippen molar-refractivity contribution in [1.82, 2.24) is 9.97 Å². The molecule has 0 atom stereocenters. The van der Waals surface area contributed by atoms with E-state index in [1.54, 1.807) is 0 Å². The first-order chi connectivity index (χ1) is 8.60. The van der Waals surface area contributed by atoms with Gasteiger partial charge in [-0.3, -0.25) is 0 Å². The van der Waals surface area contributed by atoms with Crippen molar-refractivity contribution in [2.45, 2.75) is 20.8 Å². The first-order valence-corrected chi connectivity index (χ1v) is 5.96. The molecule has 18 heavy (non-hydrogen) atoms. The van der Waals surface area contributed by atoms with Gasteiger partial charge >= 0.3 is 0 Å². The van der Waals surface area contributed by atoms with Crippen LogP contribution in [-0.2, 0) is 0 Å². The van der Waals surface area contributed by atoms with Crippen LogP contribution in [0.3, 0.4) is 0 Å². The third-order valence-corrected chi connectivity index (χ3v) is 2.84. The zero-order chi connectivity index (χ0) is 13.1. The minimum Gasteiger partial charge on any atom is -0.357 e. The first-order valence-electron chi connectivity index (χ1n) is 5.96. The summed E-state index contributed by atoms with van der Waals surface area (Å²) in [5.41, 5.74) is 4.53. The molecule has 0 fully saturated rings. The van der Waals surface area contributed by atoms with Gasteiger partial charge < -0.3 is 10.6 Å². The highest BCUT2D eigenvalue weighted by Crippen LogP contribution is 2.23. The second kappa shape index (κ2) is 5.04. The third-order valence-electron chi connectivity index (χ3n) is 2.84. The average molecular weight is 242 g/mol. The van der Waals surface area contributed by atoms with Gasteiger partial charge in [-0.15, -0.1) is 0 Å². The van der Waals surface area contributed by atoms with Gasteiger partial charge in [0, 0.05) is 24.5 Å². The standard InChI is InChI=1S/C14H18N4/c1-9-5-6-10(2)12(7-9)17-13-11(3)8-16-14(15-4)18-13/h5-8H,1-4H3,(H2,15,16,17,18). The van der Waals surface area contributed by atoms with E-state index in [1.807, 2.05) is 20.2 Å². The van der Waals surface area contributed by atoms with Crippen LogP contribution in [0.1, 0.15) is 16.7 Å². The topological polar surface area (TPSA) is 49.8 Å². The Morgan fingerprint density at radius 1 is 1.06 bits per heavy atom. The number of aromatic nitrogens is 2. The van der Waals surface area contributed by atoms with Crippen LogP contribution in [0, 0.1) is 20.8 Å². The van der Waals surface area contributed by atoms with E-state index >= 15 is 0 Å². The number of aryl methyl sites for hydroxylation is 3. The molecule has 2 N–H and O–H groups in total. The van der Waals surface area contributed by atoms with Crippen molar-refractivity contribution < 1.29 is 0 Å². The molecule has 0 aliphatic rings. The summed E-state index contributed by atoms with van der Waals surface area (Å²) in [6, 6.07) is 6.33. The molecular weight excluding hydrogens is 224 g/mol. The Kier molecular flexibility index (Phi) is 3.46. The minimum atomic E-state index is 0.619. The molecule has 94 valence electrons. The highest BCUT2D eigenvalue weighted by Gasteiger charge is 2.05. The highest BCUT2D eigenvalue weighted by atomic mass is 15.1. The minimum absolute atomic E-state index is 0.619. The lowest BCUT2D eigenvalue weighted by Gasteiger charge is -2.12. The summed E-state index contributed by atoms with van der Waals surface area (Å²) in [5, 5.41) is 6.31. The Bertz CT molecular complexity index is 564. The van der Waals surface area contributed by atoms with E-state index in [4.69, 9.17) is 0 Å². The summed E-state index contributed by atoms with van der Waals surface area (Å²) in [4.78, 5) is 8.60. The molecular formula is C14H18N4. The van der Waals surface area contributed by atoms with E-state index in [0.29, 0.717) is 5.95 Å². The number of benzene rings is 1. The number of rotatable bonds is 3. The van der Waals surface area contributed by atoms with Gasteiger partial charge in [0.2, 0.25) is 5.95 Å². The maximum atomic E-state index is 4.42. The van der Waals surface area contributed by atoms with Crippen molar-refractivity contribution in [3.8, 4) is 0 Å². The van der Waals surface area contributed by atoms with Gasteiger partial charge in [0.25, 0.3) is 0 Å². The quantitative estimate of drug-likeness (QED) is 0.868. The van der Waals surface area contributed by atoms with E-state index in [9.17, 15) is 0 Å². The Labute approximate surface area is 107 Å². The molecule has 0 saturated carbocycles. The van der Waals surface area contributed by atoms with Crippen LogP contribution in [0.25, 0.3) is 0 Å². The van der Waals surface area contributed by atoms with E-state index < -0.39 is 0 Å². The molecule has 1 aromatic heterocycles.